The van der Waals surface area contributed by atoms with Gasteiger partial charge in [-0.25, -0.2) is 0 Å². The highest BCUT2D eigenvalue weighted by atomic mass is 32.2. The van der Waals surface area contributed by atoms with E-state index in [4.69, 9.17) is 4.74 Å². The molecule has 2 aliphatic rings. The normalized spacial score (nSPS) is 21.4. The molecular formula is C17H23NO2S. The summed E-state index contributed by atoms with van der Waals surface area (Å²) in [6.45, 7) is 2.09. The number of rotatable bonds is 4. The zero-order chi connectivity index (χ0) is 14.7. The fraction of sp³-hybridized carbons (Fsp3) is 0.588. The maximum absolute atomic E-state index is 12.5. The zero-order valence-corrected chi connectivity index (χ0v) is 13.4. The Kier molecular flexibility index (Phi) is 4.43. The van der Waals surface area contributed by atoms with Crippen LogP contribution in [0.5, 0.6) is 5.75 Å². The Bertz CT molecular complexity index is 490. The minimum atomic E-state index is -0.198. The largest absolute Gasteiger partial charge is 0.489 e. The maximum Gasteiger partial charge on any atom is 0.230 e. The van der Waals surface area contributed by atoms with Crippen LogP contribution in [-0.4, -0.2) is 23.5 Å². The van der Waals surface area contributed by atoms with Crippen molar-refractivity contribution in [1.82, 2.24) is 0 Å². The number of carbonyl (C=O) groups excluding carboxylic acids is 1. The minimum Gasteiger partial charge on any atom is -0.489 e. The zero-order valence-electron chi connectivity index (χ0n) is 12.6. The van der Waals surface area contributed by atoms with Gasteiger partial charge in [0, 0.05) is 22.6 Å². The van der Waals surface area contributed by atoms with E-state index in [2.05, 4.69) is 12.2 Å². The molecular weight excluding hydrogens is 282 g/mol. The molecule has 1 aliphatic carbocycles. The van der Waals surface area contributed by atoms with Gasteiger partial charge in [-0.3, -0.25) is 4.79 Å². The van der Waals surface area contributed by atoms with Crippen LogP contribution < -0.4 is 10.1 Å². The molecule has 3 nitrogen and oxygen atoms in total. The summed E-state index contributed by atoms with van der Waals surface area (Å²) in [4.78, 5) is 12.5. The lowest BCUT2D eigenvalue weighted by molar-refractivity contribution is -0.126. The third kappa shape index (κ3) is 3.54. The van der Waals surface area contributed by atoms with Crippen molar-refractivity contribution < 1.29 is 9.53 Å². The summed E-state index contributed by atoms with van der Waals surface area (Å²) in [5, 5.41) is 3.06. The molecule has 0 unspecified atom stereocenters. The number of amides is 1. The molecule has 21 heavy (non-hydrogen) atoms. The predicted octanol–water partition coefficient (Wildman–Crippen LogP) is 4.09. The van der Waals surface area contributed by atoms with Gasteiger partial charge in [0.15, 0.2) is 0 Å². The summed E-state index contributed by atoms with van der Waals surface area (Å²) in [7, 11) is 0. The summed E-state index contributed by atoms with van der Waals surface area (Å²) in [6.07, 6.45) is 5.94. The van der Waals surface area contributed by atoms with Crippen LogP contribution in [0.3, 0.4) is 0 Å². The monoisotopic (exact) mass is 305 g/mol. The lowest BCUT2D eigenvalue weighted by Crippen LogP contribution is -2.35. The lowest BCUT2D eigenvalue weighted by atomic mass is 9.75. The van der Waals surface area contributed by atoms with Crippen molar-refractivity contribution in [3.8, 4) is 5.75 Å². The molecule has 1 N–H and O–H groups in total. The van der Waals surface area contributed by atoms with Gasteiger partial charge in [0.25, 0.3) is 0 Å². The Morgan fingerprint density at radius 3 is 2.43 bits per heavy atom. The highest BCUT2D eigenvalue weighted by molar-refractivity contribution is 8.00. The van der Waals surface area contributed by atoms with Crippen molar-refractivity contribution in [2.45, 2.75) is 45.1 Å². The Morgan fingerprint density at radius 1 is 1.19 bits per heavy atom. The first-order chi connectivity index (χ1) is 10.2. The highest BCUT2D eigenvalue weighted by Crippen LogP contribution is 2.36. The second-order valence-corrected chi connectivity index (χ2v) is 7.45. The van der Waals surface area contributed by atoms with Crippen LogP contribution in [0.2, 0.25) is 0 Å². The van der Waals surface area contributed by atoms with Gasteiger partial charge in [-0.1, -0.05) is 26.2 Å². The molecule has 1 amide bonds. The second-order valence-electron chi connectivity index (χ2n) is 6.38. The fourth-order valence-corrected chi connectivity index (χ4v) is 3.50. The summed E-state index contributed by atoms with van der Waals surface area (Å²) in [5.41, 5.74) is 0.665. The molecule has 2 fully saturated rings. The average Bonchev–Trinajstić information content (AvgIpc) is 2.45. The van der Waals surface area contributed by atoms with E-state index in [1.807, 2.05) is 36.0 Å². The summed E-state index contributed by atoms with van der Waals surface area (Å²) >= 11 is 1.91. The molecule has 3 rings (SSSR count). The quantitative estimate of drug-likeness (QED) is 0.910. The van der Waals surface area contributed by atoms with Gasteiger partial charge >= 0.3 is 0 Å². The van der Waals surface area contributed by atoms with E-state index in [1.54, 1.807) is 0 Å². The molecule has 1 saturated carbocycles. The Labute approximate surface area is 130 Å². The number of hydrogen-bond acceptors (Lipinski definition) is 3. The average molecular weight is 305 g/mol. The lowest BCUT2D eigenvalue weighted by Gasteiger charge is -2.32. The van der Waals surface area contributed by atoms with Crippen molar-refractivity contribution >= 4 is 23.4 Å². The summed E-state index contributed by atoms with van der Waals surface area (Å²) < 4.78 is 5.81. The van der Waals surface area contributed by atoms with Crippen LogP contribution in [-0.2, 0) is 4.79 Å². The van der Waals surface area contributed by atoms with Gasteiger partial charge in [-0.2, -0.15) is 11.8 Å². The van der Waals surface area contributed by atoms with Gasteiger partial charge in [-0.05, 0) is 37.1 Å². The SMILES string of the molecule is CC1(C(=O)Nc2ccc(OC3CSC3)cc2)CCCCC1. The molecule has 0 bridgehead atoms. The van der Waals surface area contributed by atoms with E-state index in [0.29, 0.717) is 6.10 Å². The number of carbonyl (C=O) groups is 1. The Hall–Kier alpha value is -1.16. The molecule has 1 aromatic rings. The topological polar surface area (TPSA) is 38.3 Å². The van der Waals surface area contributed by atoms with Crippen molar-refractivity contribution in [3.05, 3.63) is 24.3 Å². The number of benzene rings is 1. The van der Waals surface area contributed by atoms with Crippen LogP contribution in [0.4, 0.5) is 5.69 Å². The van der Waals surface area contributed by atoms with E-state index >= 15 is 0 Å². The van der Waals surface area contributed by atoms with Gasteiger partial charge in [0.2, 0.25) is 5.91 Å². The van der Waals surface area contributed by atoms with Crippen LogP contribution in [0.1, 0.15) is 39.0 Å². The number of thioether (sulfide) groups is 1. The number of nitrogens with one attached hydrogen (secondary N) is 1. The Morgan fingerprint density at radius 2 is 1.86 bits per heavy atom. The standard InChI is InChI=1S/C17H23NO2S/c1-17(9-3-2-4-10-17)16(19)18-13-5-7-14(8-6-13)20-15-11-21-12-15/h5-8,15H,2-4,9-12H2,1H3,(H,18,19). The fourth-order valence-electron chi connectivity index (χ4n) is 2.93. The van der Waals surface area contributed by atoms with Crippen LogP contribution in [0.15, 0.2) is 24.3 Å². The van der Waals surface area contributed by atoms with Gasteiger partial charge in [0.05, 0.1) is 0 Å². The summed E-state index contributed by atoms with van der Waals surface area (Å²) in [6, 6.07) is 7.76. The number of ether oxygens (including phenoxy) is 1. The molecule has 4 heteroatoms. The molecule has 0 atom stereocenters. The highest BCUT2D eigenvalue weighted by Gasteiger charge is 2.34. The first kappa shape index (κ1) is 14.8. The van der Waals surface area contributed by atoms with E-state index in [0.717, 1.165) is 48.6 Å². The van der Waals surface area contributed by atoms with Crippen molar-refractivity contribution in [1.29, 1.82) is 0 Å². The molecule has 0 aromatic heterocycles. The summed E-state index contributed by atoms with van der Waals surface area (Å²) in [5.74, 6) is 3.21. The van der Waals surface area contributed by atoms with Crippen LogP contribution >= 0.6 is 11.8 Å². The predicted molar refractivity (Wildman–Crippen MR) is 88.0 cm³/mol. The van der Waals surface area contributed by atoms with Crippen molar-refractivity contribution in [3.63, 3.8) is 0 Å². The Balaban J connectivity index is 1.57. The third-order valence-corrected chi connectivity index (χ3v) is 5.74. The van der Waals surface area contributed by atoms with Crippen LogP contribution in [0, 0.1) is 5.41 Å². The molecule has 1 saturated heterocycles. The molecule has 0 radical (unpaired) electrons. The first-order valence-electron chi connectivity index (χ1n) is 7.82. The molecule has 1 heterocycles. The smallest absolute Gasteiger partial charge is 0.230 e. The van der Waals surface area contributed by atoms with Gasteiger partial charge in [0.1, 0.15) is 11.9 Å². The number of anilines is 1. The molecule has 1 aromatic carbocycles. The molecule has 0 spiro atoms. The van der Waals surface area contributed by atoms with E-state index < -0.39 is 0 Å². The first-order valence-corrected chi connectivity index (χ1v) is 8.97. The minimum absolute atomic E-state index is 0.159. The van der Waals surface area contributed by atoms with Crippen molar-refractivity contribution in [2.75, 3.05) is 16.8 Å². The molecule has 1 aliphatic heterocycles. The van der Waals surface area contributed by atoms with E-state index in [1.165, 1.54) is 6.42 Å². The number of hydrogen-bond donors (Lipinski definition) is 1. The van der Waals surface area contributed by atoms with Crippen LogP contribution in [0.25, 0.3) is 0 Å². The van der Waals surface area contributed by atoms with Gasteiger partial charge in [-0.15, -0.1) is 0 Å². The third-order valence-electron chi connectivity index (χ3n) is 4.53. The molecule has 114 valence electrons. The maximum atomic E-state index is 12.5. The van der Waals surface area contributed by atoms with Crippen molar-refractivity contribution in [2.24, 2.45) is 5.41 Å². The van der Waals surface area contributed by atoms with Gasteiger partial charge < -0.3 is 10.1 Å². The second kappa shape index (κ2) is 6.30. The van der Waals surface area contributed by atoms with E-state index in [-0.39, 0.29) is 11.3 Å². The van der Waals surface area contributed by atoms with E-state index in [9.17, 15) is 4.79 Å².